The first-order valence-corrected chi connectivity index (χ1v) is 6.76. The number of aliphatic carboxylic acids is 1. The summed E-state index contributed by atoms with van der Waals surface area (Å²) >= 11 is 0. The monoisotopic (exact) mass is 275 g/mol. The molecule has 1 aromatic rings. The Labute approximate surface area is 119 Å². The van der Waals surface area contributed by atoms with E-state index in [4.69, 9.17) is 5.11 Å². The third-order valence-electron chi connectivity index (χ3n) is 3.02. The van der Waals surface area contributed by atoms with E-state index in [1.165, 1.54) is 6.08 Å². The quantitative estimate of drug-likeness (QED) is 0.784. The number of rotatable bonds is 6. The summed E-state index contributed by atoms with van der Waals surface area (Å²) in [6.07, 6.45) is 4.49. The Kier molecular flexibility index (Phi) is 5.97. The van der Waals surface area contributed by atoms with E-state index in [9.17, 15) is 9.59 Å². The lowest BCUT2D eigenvalue weighted by atomic mass is 10.0. The van der Waals surface area contributed by atoms with Crippen molar-refractivity contribution in [1.82, 2.24) is 5.32 Å². The van der Waals surface area contributed by atoms with Crippen molar-refractivity contribution >= 4 is 18.0 Å². The number of carbonyl (C=O) groups excluding carboxylic acids is 1. The van der Waals surface area contributed by atoms with Crippen LogP contribution in [-0.2, 0) is 4.79 Å². The first kappa shape index (κ1) is 16.0. The molecule has 1 atom stereocenters. The number of hydrogen-bond donors (Lipinski definition) is 2. The van der Waals surface area contributed by atoms with Crippen LogP contribution in [0.4, 0.5) is 0 Å². The zero-order chi connectivity index (χ0) is 15.1. The van der Waals surface area contributed by atoms with Crippen molar-refractivity contribution in [3.05, 3.63) is 41.0 Å². The molecule has 0 saturated carbocycles. The minimum atomic E-state index is -1.01. The SMILES string of the molecule is CCCC(C)NC(=O)c1cc(C=CC(=O)O)ccc1C. The molecule has 1 rings (SSSR count). The van der Waals surface area contributed by atoms with Crippen LogP contribution in [-0.4, -0.2) is 23.0 Å². The lowest BCUT2D eigenvalue weighted by molar-refractivity contribution is -0.131. The average molecular weight is 275 g/mol. The van der Waals surface area contributed by atoms with Gasteiger partial charge in [0.05, 0.1) is 0 Å². The van der Waals surface area contributed by atoms with Gasteiger partial charge in [0.25, 0.3) is 5.91 Å². The first-order chi connectivity index (χ1) is 9.43. The number of carboxylic acids is 1. The molecule has 0 saturated heterocycles. The summed E-state index contributed by atoms with van der Waals surface area (Å²) < 4.78 is 0. The van der Waals surface area contributed by atoms with Gasteiger partial charge in [-0.25, -0.2) is 4.79 Å². The van der Waals surface area contributed by atoms with Gasteiger partial charge >= 0.3 is 5.97 Å². The van der Waals surface area contributed by atoms with Gasteiger partial charge in [-0.1, -0.05) is 25.5 Å². The fraction of sp³-hybridized carbons (Fsp3) is 0.375. The van der Waals surface area contributed by atoms with E-state index in [0.717, 1.165) is 24.5 Å². The van der Waals surface area contributed by atoms with Gasteiger partial charge in [-0.15, -0.1) is 0 Å². The van der Waals surface area contributed by atoms with Crippen molar-refractivity contribution in [3.8, 4) is 0 Å². The Morgan fingerprint density at radius 2 is 2.10 bits per heavy atom. The molecule has 4 nitrogen and oxygen atoms in total. The minimum Gasteiger partial charge on any atom is -0.478 e. The lowest BCUT2D eigenvalue weighted by Gasteiger charge is -2.14. The molecule has 0 radical (unpaired) electrons. The van der Waals surface area contributed by atoms with Gasteiger partial charge in [0, 0.05) is 17.7 Å². The summed E-state index contributed by atoms with van der Waals surface area (Å²) in [6, 6.07) is 5.45. The fourth-order valence-electron chi connectivity index (χ4n) is 1.96. The molecular weight excluding hydrogens is 254 g/mol. The molecule has 1 unspecified atom stereocenters. The van der Waals surface area contributed by atoms with Gasteiger partial charge in [0.2, 0.25) is 0 Å². The maximum absolute atomic E-state index is 12.2. The Hall–Kier alpha value is -2.10. The van der Waals surface area contributed by atoms with E-state index in [0.29, 0.717) is 11.1 Å². The third kappa shape index (κ3) is 4.88. The highest BCUT2D eigenvalue weighted by molar-refractivity contribution is 5.96. The van der Waals surface area contributed by atoms with Crippen LogP contribution in [0, 0.1) is 6.92 Å². The molecule has 0 heterocycles. The third-order valence-corrected chi connectivity index (χ3v) is 3.02. The van der Waals surface area contributed by atoms with Gasteiger partial charge in [0.1, 0.15) is 0 Å². The Morgan fingerprint density at radius 1 is 1.40 bits per heavy atom. The second kappa shape index (κ2) is 7.48. The van der Waals surface area contributed by atoms with Crippen LogP contribution in [0.5, 0.6) is 0 Å². The zero-order valence-electron chi connectivity index (χ0n) is 12.1. The summed E-state index contributed by atoms with van der Waals surface area (Å²) in [4.78, 5) is 22.7. The number of carbonyl (C=O) groups is 2. The predicted molar refractivity (Wildman–Crippen MR) is 79.7 cm³/mol. The molecule has 0 spiro atoms. The van der Waals surface area contributed by atoms with Crippen molar-refractivity contribution in [1.29, 1.82) is 0 Å². The summed E-state index contributed by atoms with van der Waals surface area (Å²) in [7, 11) is 0. The highest BCUT2D eigenvalue weighted by Gasteiger charge is 2.11. The second-order valence-corrected chi connectivity index (χ2v) is 4.91. The molecule has 1 amide bonds. The minimum absolute atomic E-state index is 0.117. The molecule has 0 aliphatic rings. The largest absolute Gasteiger partial charge is 0.478 e. The van der Waals surface area contributed by atoms with Gasteiger partial charge < -0.3 is 10.4 Å². The van der Waals surface area contributed by atoms with Crippen molar-refractivity contribution in [3.63, 3.8) is 0 Å². The standard InChI is InChI=1S/C16H21NO3/c1-4-5-12(3)17-16(20)14-10-13(7-6-11(14)2)8-9-15(18)19/h6-10,12H,4-5H2,1-3H3,(H,17,20)(H,18,19). The number of nitrogens with one attached hydrogen (secondary N) is 1. The lowest BCUT2D eigenvalue weighted by Crippen LogP contribution is -2.32. The molecule has 0 aliphatic carbocycles. The van der Waals surface area contributed by atoms with Gasteiger partial charge in [-0.05, 0) is 43.5 Å². The normalized spacial score (nSPS) is 12.3. The summed E-state index contributed by atoms with van der Waals surface area (Å²) in [5.41, 5.74) is 2.16. The highest BCUT2D eigenvalue weighted by Crippen LogP contribution is 2.13. The summed E-state index contributed by atoms with van der Waals surface area (Å²) in [6.45, 7) is 5.92. The van der Waals surface area contributed by atoms with Gasteiger partial charge in [0.15, 0.2) is 0 Å². The van der Waals surface area contributed by atoms with E-state index in [1.54, 1.807) is 12.1 Å². The molecule has 108 valence electrons. The van der Waals surface area contributed by atoms with Crippen LogP contribution in [0.15, 0.2) is 24.3 Å². The van der Waals surface area contributed by atoms with E-state index >= 15 is 0 Å². The topological polar surface area (TPSA) is 66.4 Å². The molecule has 1 aromatic carbocycles. The smallest absolute Gasteiger partial charge is 0.328 e. The second-order valence-electron chi connectivity index (χ2n) is 4.91. The molecule has 0 bridgehead atoms. The Morgan fingerprint density at radius 3 is 2.70 bits per heavy atom. The van der Waals surface area contributed by atoms with Crippen LogP contribution in [0.3, 0.4) is 0 Å². The average Bonchev–Trinajstić information content (AvgIpc) is 2.37. The predicted octanol–water partition coefficient (Wildman–Crippen LogP) is 3.01. The van der Waals surface area contributed by atoms with E-state index in [1.807, 2.05) is 19.9 Å². The molecule has 0 aromatic heterocycles. The van der Waals surface area contributed by atoms with E-state index in [-0.39, 0.29) is 11.9 Å². The van der Waals surface area contributed by atoms with Crippen LogP contribution in [0.1, 0.15) is 48.2 Å². The highest BCUT2D eigenvalue weighted by atomic mass is 16.4. The summed E-state index contributed by atoms with van der Waals surface area (Å²) in [5.74, 6) is -1.12. The van der Waals surface area contributed by atoms with Crippen LogP contribution >= 0.6 is 0 Å². The van der Waals surface area contributed by atoms with Gasteiger partial charge in [-0.3, -0.25) is 4.79 Å². The Balaban J connectivity index is 2.90. The molecule has 0 fully saturated rings. The molecule has 20 heavy (non-hydrogen) atoms. The van der Waals surface area contributed by atoms with Gasteiger partial charge in [-0.2, -0.15) is 0 Å². The number of amides is 1. The van der Waals surface area contributed by atoms with Crippen molar-refractivity contribution in [2.75, 3.05) is 0 Å². The van der Waals surface area contributed by atoms with E-state index in [2.05, 4.69) is 12.2 Å². The van der Waals surface area contributed by atoms with Crippen LogP contribution < -0.4 is 5.32 Å². The summed E-state index contributed by atoms with van der Waals surface area (Å²) in [5, 5.41) is 11.6. The number of aryl methyl sites for hydroxylation is 1. The molecule has 4 heteroatoms. The van der Waals surface area contributed by atoms with Crippen molar-refractivity contribution in [2.24, 2.45) is 0 Å². The Bertz CT molecular complexity index is 520. The number of carboxylic acid groups (broad SMARTS) is 1. The zero-order valence-corrected chi connectivity index (χ0v) is 12.1. The van der Waals surface area contributed by atoms with E-state index < -0.39 is 5.97 Å². The van der Waals surface area contributed by atoms with Crippen LogP contribution in [0.25, 0.3) is 6.08 Å². The number of hydrogen-bond acceptors (Lipinski definition) is 2. The van der Waals surface area contributed by atoms with Crippen molar-refractivity contribution in [2.45, 2.75) is 39.7 Å². The number of benzene rings is 1. The maximum Gasteiger partial charge on any atom is 0.328 e. The van der Waals surface area contributed by atoms with Crippen LogP contribution in [0.2, 0.25) is 0 Å². The fourth-order valence-corrected chi connectivity index (χ4v) is 1.96. The molecular formula is C16H21NO3. The van der Waals surface area contributed by atoms with Crippen molar-refractivity contribution < 1.29 is 14.7 Å². The maximum atomic E-state index is 12.2. The first-order valence-electron chi connectivity index (χ1n) is 6.76. The molecule has 2 N–H and O–H groups in total. The molecule has 0 aliphatic heterocycles.